The molecule has 0 saturated heterocycles. The van der Waals surface area contributed by atoms with Crippen LogP contribution in [0.5, 0.6) is 0 Å². The molecular formula is C10H21P. The van der Waals surface area contributed by atoms with Gasteiger partial charge in [0, 0.05) is 0 Å². The summed E-state index contributed by atoms with van der Waals surface area (Å²) < 4.78 is 0. The van der Waals surface area contributed by atoms with E-state index in [2.05, 4.69) is 30.0 Å². The predicted molar refractivity (Wildman–Crippen MR) is 55.0 cm³/mol. The van der Waals surface area contributed by atoms with E-state index in [0.29, 0.717) is 10.6 Å². The molecule has 1 atom stereocenters. The van der Waals surface area contributed by atoms with Gasteiger partial charge in [-0.15, -0.1) is 9.24 Å². The maximum atomic E-state index is 3.11. The maximum Gasteiger partial charge on any atom is -0.0102 e. The highest BCUT2D eigenvalue weighted by Gasteiger charge is 2.37. The molecule has 0 bridgehead atoms. The third kappa shape index (κ3) is 1.96. The van der Waals surface area contributed by atoms with Gasteiger partial charge in [-0.2, -0.15) is 0 Å². The van der Waals surface area contributed by atoms with Crippen molar-refractivity contribution in [2.75, 3.05) is 0 Å². The van der Waals surface area contributed by atoms with Gasteiger partial charge in [-0.3, -0.25) is 0 Å². The molecule has 1 unspecified atom stereocenters. The zero-order chi connectivity index (χ0) is 8.54. The van der Waals surface area contributed by atoms with Crippen LogP contribution in [-0.4, -0.2) is 5.16 Å². The van der Waals surface area contributed by atoms with Crippen molar-refractivity contribution < 1.29 is 0 Å². The molecule has 0 aliphatic heterocycles. The molecule has 0 heterocycles. The Kier molecular flexibility index (Phi) is 2.64. The zero-order valence-corrected chi connectivity index (χ0v) is 9.27. The van der Waals surface area contributed by atoms with Crippen LogP contribution in [0.2, 0.25) is 0 Å². The Morgan fingerprint density at radius 1 is 1.00 bits per heavy atom. The lowest BCUT2D eigenvalue weighted by Gasteiger charge is -2.44. The number of rotatable bonds is 0. The van der Waals surface area contributed by atoms with Crippen molar-refractivity contribution in [3.63, 3.8) is 0 Å². The van der Waals surface area contributed by atoms with E-state index >= 15 is 0 Å². The number of hydrogen-bond donors (Lipinski definition) is 0. The Morgan fingerprint density at radius 2 is 1.45 bits per heavy atom. The summed E-state index contributed by atoms with van der Waals surface area (Å²) in [5.74, 6) is 0. The monoisotopic (exact) mass is 172 g/mol. The highest BCUT2D eigenvalue weighted by atomic mass is 31.0. The second kappa shape index (κ2) is 3.05. The van der Waals surface area contributed by atoms with Crippen LogP contribution in [0.4, 0.5) is 0 Å². The van der Waals surface area contributed by atoms with Gasteiger partial charge < -0.3 is 0 Å². The minimum atomic E-state index is 0.470. The highest BCUT2D eigenvalue weighted by Crippen LogP contribution is 2.48. The summed E-state index contributed by atoms with van der Waals surface area (Å²) in [4.78, 5) is 0. The summed E-state index contributed by atoms with van der Waals surface area (Å²) in [5, 5.41) is 0.533. The third-order valence-electron chi connectivity index (χ3n) is 3.24. The van der Waals surface area contributed by atoms with E-state index < -0.39 is 0 Å². The quantitative estimate of drug-likeness (QED) is 0.490. The van der Waals surface area contributed by atoms with Crippen molar-refractivity contribution in [2.45, 2.75) is 58.0 Å². The summed E-state index contributed by atoms with van der Waals surface area (Å²) in [7, 11) is 3.11. The Hall–Kier alpha value is 0.430. The van der Waals surface area contributed by atoms with E-state index in [9.17, 15) is 0 Å². The standard InChI is InChI=1S/C10H21P/c1-9(2,3)10(11)7-5-4-6-8-10/h4-8,11H2,1-3H3. The van der Waals surface area contributed by atoms with Crippen LogP contribution in [0.25, 0.3) is 0 Å². The Bertz CT molecular complexity index is 126. The molecule has 1 fully saturated rings. The Balaban J connectivity index is 2.64. The molecule has 0 spiro atoms. The van der Waals surface area contributed by atoms with Gasteiger partial charge >= 0.3 is 0 Å². The molecule has 0 aromatic heterocycles. The third-order valence-corrected chi connectivity index (χ3v) is 4.68. The second-order valence-corrected chi connectivity index (χ2v) is 6.07. The lowest BCUT2D eigenvalue weighted by atomic mass is 9.71. The first-order valence-electron chi connectivity index (χ1n) is 4.75. The largest absolute Gasteiger partial charge is 0.131 e. The number of hydrogen-bond acceptors (Lipinski definition) is 0. The van der Waals surface area contributed by atoms with Gasteiger partial charge in [-0.05, 0) is 23.4 Å². The van der Waals surface area contributed by atoms with Gasteiger partial charge in [-0.25, -0.2) is 0 Å². The first kappa shape index (κ1) is 9.52. The molecule has 0 radical (unpaired) electrons. The molecule has 0 aromatic rings. The van der Waals surface area contributed by atoms with Crippen LogP contribution < -0.4 is 0 Å². The molecule has 1 aliphatic rings. The average molecular weight is 172 g/mol. The summed E-state index contributed by atoms with van der Waals surface area (Å²) in [6.45, 7) is 7.10. The topological polar surface area (TPSA) is 0 Å². The van der Waals surface area contributed by atoms with Crippen molar-refractivity contribution in [3.8, 4) is 0 Å². The van der Waals surface area contributed by atoms with E-state index in [1.54, 1.807) is 0 Å². The van der Waals surface area contributed by atoms with E-state index in [0.717, 1.165) is 0 Å². The SMILES string of the molecule is CC(C)(C)C1(P)CCCCC1. The fourth-order valence-electron chi connectivity index (χ4n) is 1.93. The van der Waals surface area contributed by atoms with Crippen LogP contribution in [0.3, 0.4) is 0 Å². The fraction of sp³-hybridized carbons (Fsp3) is 1.00. The Morgan fingerprint density at radius 3 is 1.73 bits per heavy atom. The lowest BCUT2D eigenvalue weighted by Crippen LogP contribution is -2.38. The second-order valence-electron chi connectivity index (χ2n) is 4.97. The molecular weight excluding hydrogens is 151 g/mol. The molecule has 1 heteroatoms. The Labute approximate surface area is 73.3 Å². The molecule has 0 nitrogen and oxygen atoms in total. The molecule has 1 aliphatic carbocycles. The average Bonchev–Trinajstić information content (AvgIpc) is 1.87. The first-order valence-corrected chi connectivity index (χ1v) is 5.32. The molecule has 0 N–H and O–H groups in total. The molecule has 0 aromatic carbocycles. The molecule has 1 saturated carbocycles. The van der Waals surface area contributed by atoms with Crippen molar-refractivity contribution in [2.24, 2.45) is 5.41 Å². The molecule has 66 valence electrons. The van der Waals surface area contributed by atoms with Gasteiger partial charge in [-0.1, -0.05) is 40.0 Å². The molecule has 0 amide bonds. The van der Waals surface area contributed by atoms with Crippen molar-refractivity contribution in [1.82, 2.24) is 0 Å². The summed E-state index contributed by atoms with van der Waals surface area (Å²) in [6, 6.07) is 0. The van der Waals surface area contributed by atoms with Gasteiger partial charge in [0.15, 0.2) is 0 Å². The normalized spacial score (nSPS) is 25.1. The van der Waals surface area contributed by atoms with Crippen LogP contribution in [0.1, 0.15) is 52.9 Å². The van der Waals surface area contributed by atoms with Crippen LogP contribution >= 0.6 is 9.24 Å². The fourth-order valence-corrected chi connectivity index (χ4v) is 2.34. The summed E-state index contributed by atoms with van der Waals surface area (Å²) >= 11 is 0. The van der Waals surface area contributed by atoms with Crippen LogP contribution in [0, 0.1) is 5.41 Å². The van der Waals surface area contributed by atoms with Gasteiger partial charge in [0.25, 0.3) is 0 Å². The van der Waals surface area contributed by atoms with Crippen LogP contribution in [0.15, 0.2) is 0 Å². The lowest BCUT2D eigenvalue weighted by molar-refractivity contribution is 0.216. The smallest absolute Gasteiger partial charge is 0.0102 e. The van der Waals surface area contributed by atoms with Crippen molar-refractivity contribution in [3.05, 3.63) is 0 Å². The maximum absolute atomic E-state index is 3.11. The van der Waals surface area contributed by atoms with E-state index in [-0.39, 0.29) is 0 Å². The van der Waals surface area contributed by atoms with Crippen molar-refractivity contribution >= 4 is 9.24 Å². The van der Waals surface area contributed by atoms with Gasteiger partial charge in [0.1, 0.15) is 0 Å². The van der Waals surface area contributed by atoms with Crippen LogP contribution in [-0.2, 0) is 0 Å². The highest BCUT2D eigenvalue weighted by molar-refractivity contribution is 7.19. The zero-order valence-electron chi connectivity index (χ0n) is 8.11. The van der Waals surface area contributed by atoms with Gasteiger partial charge in [0.2, 0.25) is 0 Å². The van der Waals surface area contributed by atoms with E-state index in [1.807, 2.05) is 0 Å². The molecule has 11 heavy (non-hydrogen) atoms. The minimum Gasteiger partial charge on any atom is -0.131 e. The van der Waals surface area contributed by atoms with Crippen molar-refractivity contribution in [1.29, 1.82) is 0 Å². The summed E-state index contributed by atoms with van der Waals surface area (Å²) in [6.07, 6.45) is 7.12. The first-order chi connectivity index (χ1) is 4.96. The molecule has 1 rings (SSSR count). The summed E-state index contributed by atoms with van der Waals surface area (Å²) in [5.41, 5.74) is 0.470. The minimum absolute atomic E-state index is 0.470. The van der Waals surface area contributed by atoms with E-state index in [4.69, 9.17) is 0 Å². The predicted octanol–water partition coefficient (Wildman–Crippen LogP) is 3.61. The van der Waals surface area contributed by atoms with Gasteiger partial charge in [0.05, 0.1) is 0 Å². The van der Waals surface area contributed by atoms with E-state index in [1.165, 1.54) is 32.1 Å².